The predicted molar refractivity (Wildman–Crippen MR) is 90.8 cm³/mol. The number of halogens is 1. The average molecular weight is 317 g/mol. The number of hydrogen-bond donors (Lipinski definition) is 1. The van der Waals surface area contributed by atoms with Crippen LogP contribution in [0.2, 0.25) is 0 Å². The quantitative estimate of drug-likeness (QED) is 0.863. The van der Waals surface area contributed by atoms with Crippen molar-refractivity contribution in [1.29, 1.82) is 0 Å². The van der Waals surface area contributed by atoms with Gasteiger partial charge in [-0.3, -0.25) is 4.79 Å². The van der Waals surface area contributed by atoms with Crippen LogP contribution < -0.4 is 5.32 Å². The summed E-state index contributed by atoms with van der Waals surface area (Å²) in [6, 6.07) is 0. The largest absolute Gasteiger partial charge is 0.342 e. The molecule has 0 radical (unpaired) electrons. The zero-order valence-corrected chi connectivity index (χ0v) is 15.0. The monoisotopic (exact) mass is 316 g/mol. The summed E-state index contributed by atoms with van der Waals surface area (Å²) in [6.45, 7) is 10.0. The van der Waals surface area contributed by atoms with Crippen LogP contribution in [0, 0.1) is 23.2 Å². The highest BCUT2D eigenvalue weighted by Crippen LogP contribution is 2.43. The lowest BCUT2D eigenvalue weighted by Crippen LogP contribution is -2.34. The third-order valence-electron chi connectivity index (χ3n) is 5.07. The molecule has 1 aliphatic carbocycles. The second-order valence-corrected chi connectivity index (χ2v) is 8.04. The van der Waals surface area contributed by atoms with Gasteiger partial charge in [-0.05, 0) is 62.4 Å². The summed E-state index contributed by atoms with van der Waals surface area (Å²) in [5.41, 5.74) is 0.419. The lowest BCUT2D eigenvalue weighted by molar-refractivity contribution is -0.132. The van der Waals surface area contributed by atoms with Crippen molar-refractivity contribution in [2.75, 3.05) is 26.7 Å². The molecule has 21 heavy (non-hydrogen) atoms. The van der Waals surface area contributed by atoms with Gasteiger partial charge in [-0.2, -0.15) is 0 Å². The van der Waals surface area contributed by atoms with Gasteiger partial charge in [-0.25, -0.2) is 0 Å². The van der Waals surface area contributed by atoms with Crippen molar-refractivity contribution < 1.29 is 4.79 Å². The summed E-state index contributed by atoms with van der Waals surface area (Å²) < 4.78 is 0. The van der Waals surface area contributed by atoms with Crippen LogP contribution in [0.15, 0.2) is 0 Å². The fourth-order valence-corrected chi connectivity index (χ4v) is 4.59. The van der Waals surface area contributed by atoms with Crippen LogP contribution in [0.25, 0.3) is 0 Å². The standard InChI is InChI=1S/C17H32N2O.ClH/c1-13-7-15(10-17(2,3)9-13)8-16(20)19-6-5-14(12-19)11-18-4;/h13-15,18H,5-12H2,1-4H3;1H. The van der Waals surface area contributed by atoms with Crippen LogP contribution in [0.5, 0.6) is 0 Å². The van der Waals surface area contributed by atoms with E-state index in [0.29, 0.717) is 23.2 Å². The summed E-state index contributed by atoms with van der Waals surface area (Å²) in [7, 11) is 2.00. The maximum Gasteiger partial charge on any atom is 0.222 e. The number of carbonyl (C=O) groups is 1. The van der Waals surface area contributed by atoms with Gasteiger partial charge in [-0.15, -0.1) is 12.4 Å². The van der Waals surface area contributed by atoms with Gasteiger partial charge >= 0.3 is 0 Å². The van der Waals surface area contributed by atoms with E-state index in [1.807, 2.05) is 7.05 Å². The minimum absolute atomic E-state index is 0. The maximum atomic E-state index is 12.5. The molecule has 0 aromatic carbocycles. The smallest absolute Gasteiger partial charge is 0.222 e. The van der Waals surface area contributed by atoms with E-state index in [0.717, 1.165) is 32.0 Å². The fourth-order valence-electron chi connectivity index (χ4n) is 4.59. The van der Waals surface area contributed by atoms with Crippen LogP contribution in [0.3, 0.4) is 0 Å². The third kappa shape index (κ3) is 5.45. The van der Waals surface area contributed by atoms with Crippen molar-refractivity contribution in [1.82, 2.24) is 10.2 Å². The third-order valence-corrected chi connectivity index (χ3v) is 5.07. The Labute approximate surface area is 136 Å². The number of nitrogens with zero attached hydrogens (tertiary/aromatic N) is 1. The van der Waals surface area contributed by atoms with Crippen LogP contribution in [0.1, 0.15) is 52.9 Å². The molecule has 3 atom stereocenters. The molecule has 0 bridgehead atoms. The maximum absolute atomic E-state index is 12.5. The van der Waals surface area contributed by atoms with Crippen LogP contribution in [0.4, 0.5) is 0 Å². The zero-order valence-electron chi connectivity index (χ0n) is 14.2. The molecule has 1 heterocycles. The van der Waals surface area contributed by atoms with E-state index in [1.54, 1.807) is 0 Å². The molecule has 2 aliphatic rings. The van der Waals surface area contributed by atoms with Gasteiger partial charge < -0.3 is 10.2 Å². The Morgan fingerprint density at radius 3 is 2.62 bits per heavy atom. The van der Waals surface area contributed by atoms with E-state index in [4.69, 9.17) is 0 Å². The molecule has 3 unspecified atom stereocenters. The molecule has 1 N–H and O–H groups in total. The molecule has 2 fully saturated rings. The van der Waals surface area contributed by atoms with Gasteiger partial charge in [0, 0.05) is 19.5 Å². The first-order chi connectivity index (χ1) is 9.39. The fraction of sp³-hybridized carbons (Fsp3) is 0.941. The highest BCUT2D eigenvalue weighted by atomic mass is 35.5. The van der Waals surface area contributed by atoms with E-state index < -0.39 is 0 Å². The molecule has 0 aromatic rings. The molecule has 1 saturated carbocycles. The molecule has 0 aromatic heterocycles. The minimum Gasteiger partial charge on any atom is -0.342 e. The molecule has 124 valence electrons. The Balaban J connectivity index is 0.00000220. The highest BCUT2D eigenvalue weighted by Gasteiger charge is 2.34. The Morgan fingerprint density at radius 1 is 1.29 bits per heavy atom. The van der Waals surface area contributed by atoms with Crippen LogP contribution in [-0.2, 0) is 4.79 Å². The number of rotatable bonds is 4. The van der Waals surface area contributed by atoms with E-state index in [1.165, 1.54) is 25.7 Å². The number of hydrogen-bond acceptors (Lipinski definition) is 2. The first-order valence-electron chi connectivity index (χ1n) is 8.32. The molecule has 1 aliphatic heterocycles. The number of nitrogens with one attached hydrogen (secondary N) is 1. The number of carbonyl (C=O) groups excluding carboxylic acids is 1. The minimum atomic E-state index is 0. The van der Waals surface area contributed by atoms with Gasteiger partial charge in [0.05, 0.1) is 0 Å². The molecule has 2 rings (SSSR count). The summed E-state index contributed by atoms with van der Waals surface area (Å²) in [4.78, 5) is 14.6. The normalized spacial score (nSPS) is 31.8. The first-order valence-corrected chi connectivity index (χ1v) is 8.32. The van der Waals surface area contributed by atoms with Crippen molar-refractivity contribution in [2.45, 2.75) is 52.9 Å². The molecular formula is C17H33ClN2O. The van der Waals surface area contributed by atoms with Gasteiger partial charge in [0.25, 0.3) is 0 Å². The second-order valence-electron chi connectivity index (χ2n) is 8.04. The lowest BCUT2D eigenvalue weighted by Gasteiger charge is -2.39. The summed E-state index contributed by atoms with van der Waals surface area (Å²) in [5.74, 6) is 2.43. The molecule has 0 spiro atoms. The zero-order chi connectivity index (χ0) is 14.8. The Bertz CT molecular complexity index is 346. The molecule has 1 amide bonds. The van der Waals surface area contributed by atoms with Gasteiger partial charge in [0.2, 0.25) is 5.91 Å². The van der Waals surface area contributed by atoms with E-state index in [9.17, 15) is 4.79 Å². The van der Waals surface area contributed by atoms with Crippen molar-refractivity contribution in [3.63, 3.8) is 0 Å². The molecule has 1 saturated heterocycles. The van der Waals surface area contributed by atoms with E-state index in [-0.39, 0.29) is 12.4 Å². The van der Waals surface area contributed by atoms with E-state index >= 15 is 0 Å². The SMILES string of the molecule is CNCC1CCN(C(=O)CC2CC(C)CC(C)(C)C2)C1.Cl. The van der Waals surface area contributed by atoms with Gasteiger partial charge in [0.1, 0.15) is 0 Å². The van der Waals surface area contributed by atoms with Crippen molar-refractivity contribution in [3.8, 4) is 0 Å². The van der Waals surface area contributed by atoms with Crippen molar-refractivity contribution >= 4 is 18.3 Å². The summed E-state index contributed by atoms with van der Waals surface area (Å²) in [5, 5.41) is 3.23. The average Bonchev–Trinajstić information content (AvgIpc) is 2.75. The number of likely N-dealkylation sites (tertiary alicyclic amines) is 1. The Morgan fingerprint density at radius 2 is 2.00 bits per heavy atom. The molecule has 3 nitrogen and oxygen atoms in total. The van der Waals surface area contributed by atoms with Crippen molar-refractivity contribution in [3.05, 3.63) is 0 Å². The first kappa shape index (κ1) is 18.8. The van der Waals surface area contributed by atoms with Crippen molar-refractivity contribution in [2.24, 2.45) is 23.2 Å². The Kier molecular flexibility index (Phi) is 6.99. The van der Waals surface area contributed by atoms with E-state index in [2.05, 4.69) is 31.0 Å². The lowest BCUT2D eigenvalue weighted by atomic mass is 9.67. The van der Waals surface area contributed by atoms with Crippen LogP contribution in [-0.4, -0.2) is 37.5 Å². The topological polar surface area (TPSA) is 32.3 Å². The van der Waals surface area contributed by atoms with Gasteiger partial charge in [-0.1, -0.05) is 20.8 Å². The molecule has 4 heteroatoms. The summed E-state index contributed by atoms with van der Waals surface area (Å²) in [6.07, 6.45) is 5.71. The number of amides is 1. The summed E-state index contributed by atoms with van der Waals surface area (Å²) >= 11 is 0. The van der Waals surface area contributed by atoms with Gasteiger partial charge in [0.15, 0.2) is 0 Å². The highest BCUT2D eigenvalue weighted by molar-refractivity contribution is 5.85. The second kappa shape index (κ2) is 7.82. The van der Waals surface area contributed by atoms with Crippen LogP contribution >= 0.6 is 12.4 Å². The molecular weight excluding hydrogens is 284 g/mol. The predicted octanol–water partition coefficient (Wildman–Crippen LogP) is 3.33. The Hall–Kier alpha value is -0.280.